The Morgan fingerprint density at radius 3 is 2.52 bits per heavy atom. The molecule has 3 rings (SSSR count). The number of rotatable bonds is 5. The highest BCUT2D eigenvalue weighted by Crippen LogP contribution is 2.56. The first-order valence-electron chi connectivity index (χ1n) is 10.3. The van der Waals surface area contributed by atoms with Crippen molar-refractivity contribution >= 4 is 12.0 Å². The second kappa shape index (κ2) is 8.05. The fourth-order valence-corrected chi connectivity index (χ4v) is 4.89. The Balaban J connectivity index is 1.87. The molecule has 1 aromatic rings. The van der Waals surface area contributed by atoms with Crippen LogP contribution >= 0.6 is 0 Å². The van der Waals surface area contributed by atoms with Gasteiger partial charge in [0.2, 0.25) is 0 Å². The van der Waals surface area contributed by atoms with Gasteiger partial charge in [0.15, 0.2) is 0 Å². The average Bonchev–Trinajstić information content (AvgIpc) is 2.70. The van der Waals surface area contributed by atoms with E-state index in [0.717, 1.165) is 5.56 Å². The Kier molecular flexibility index (Phi) is 6.04. The molecule has 2 aliphatic rings. The fraction of sp³-hybridized carbons (Fsp3) is 0.542. The number of esters is 1. The Morgan fingerprint density at radius 2 is 1.90 bits per heavy atom. The summed E-state index contributed by atoms with van der Waals surface area (Å²) in [7, 11) is 0. The summed E-state index contributed by atoms with van der Waals surface area (Å²) in [4.78, 5) is 17.6. The van der Waals surface area contributed by atoms with E-state index in [-0.39, 0.29) is 11.8 Å². The van der Waals surface area contributed by atoms with E-state index in [1.807, 2.05) is 70.2 Å². The molecule has 2 N–H and O–H groups in total. The number of aliphatic hydroxyl groups is 1. The topological polar surface area (TPSA) is 76.0 Å². The van der Waals surface area contributed by atoms with Crippen molar-refractivity contribution in [1.29, 1.82) is 0 Å². The minimum atomic E-state index is -0.866. The predicted octanol–water partition coefficient (Wildman–Crippen LogP) is 4.62. The Labute approximate surface area is 173 Å². The van der Waals surface area contributed by atoms with Gasteiger partial charge in [0.25, 0.3) is 0 Å². The van der Waals surface area contributed by atoms with Crippen LogP contribution in [0.4, 0.5) is 0 Å². The standard InChI is InChI=1S/C24H32O5/c1-17(2)24(29-27)15-14-22(3)19(16-24)23(4,13-12-20(22)25)28-21(26)11-10-18-8-6-5-7-9-18/h5-11,14-15,17,19-20,25,27H,12-13,16H2,1-4H3. The van der Waals surface area contributed by atoms with Gasteiger partial charge in [-0.25, -0.2) is 9.68 Å². The number of carbonyl (C=O) groups excluding carboxylic acids is 1. The van der Waals surface area contributed by atoms with Gasteiger partial charge in [0, 0.05) is 17.4 Å². The number of carbonyl (C=O) groups is 1. The quantitative estimate of drug-likeness (QED) is 0.248. The highest BCUT2D eigenvalue weighted by Gasteiger charge is 2.59. The van der Waals surface area contributed by atoms with Crippen LogP contribution in [0.2, 0.25) is 0 Å². The fourth-order valence-electron chi connectivity index (χ4n) is 4.89. The number of aliphatic hydroxyl groups excluding tert-OH is 1. The summed E-state index contributed by atoms with van der Waals surface area (Å²) in [6, 6.07) is 9.58. The average molecular weight is 401 g/mol. The van der Waals surface area contributed by atoms with Crippen LogP contribution in [0.25, 0.3) is 6.08 Å². The number of hydrogen-bond acceptors (Lipinski definition) is 5. The monoisotopic (exact) mass is 400 g/mol. The van der Waals surface area contributed by atoms with Crippen molar-refractivity contribution in [2.24, 2.45) is 17.3 Å². The van der Waals surface area contributed by atoms with Gasteiger partial charge in [-0.1, -0.05) is 63.3 Å². The predicted molar refractivity (Wildman–Crippen MR) is 112 cm³/mol. The summed E-state index contributed by atoms with van der Waals surface area (Å²) in [5.41, 5.74) is -1.29. The molecule has 158 valence electrons. The van der Waals surface area contributed by atoms with Crippen LogP contribution in [0.1, 0.15) is 52.5 Å². The lowest BCUT2D eigenvalue weighted by Gasteiger charge is -2.57. The lowest BCUT2D eigenvalue weighted by Crippen LogP contribution is -2.60. The second-order valence-corrected chi connectivity index (χ2v) is 9.19. The third kappa shape index (κ3) is 4.04. The van der Waals surface area contributed by atoms with Gasteiger partial charge in [-0.05, 0) is 43.7 Å². The van der Waals surface area contributed by atoms with Gasteiger partial charge in [0.05, 0.1) is 6.10 Å². The van der Waals surface area contributed by atoms with E-state index in [1.165, 1.54) is 6.08 Å². The molecule has 0 radical (unpaired) electrons. The Morgan fingerprint density at radius 1 is 1.21 bits per heavy atom. The first-order valence-corrected chi connectivity index (χ1v) is 10.3. The molecule has 1 fully saturated rings. The van der Waals surface area contributed by atoms with E-state index >= 15 is 0 Å². The number of fused-ring (bicyclic) bond motifs is 1. The number of benzene rings is 1. The van der Waals surface area contributed by atoms with Crippen molar-refractivity contribution in [3.8, 4) is 0 Å². The van der Waals surface area contributed by atoms with Gasteiger partial charge in [-0.15, -0.1) is 0 Å². The first kappa shape index (κ1) is 21.8. The van der Waals surface area contributed by atoms with E-state index < -0.39 is 28.7 Å². The van der Waals surface area contributed by atoms with E-state index in [0.29, 0.717) is 19.3 Å². The van der Waals surface area contributed by atoms with Gasteiger partial charge >= 0.3 is 5.97 Å². The number of ether oxygens (including phenoxy) is 1. The minimum Gasteiger partial charge on any atom is -0.456 e. The summed E-state index contributed by atoms with van der Waals surface area (Å²) in [5, 5.41) is 20.4. The third-order valence-electron chi connectivity index (χ3n) is 7.06. The zero-order valence-corrected chi connectivity index (χ0v) is 17.7. The maximum absolute atomic E-state index is 12.6. The van der Waals surface area contributed by atoms with E-state index in [9.17, 15) is 15.2 Å². The summed E-state index contributed by atoms with van der Waals surface area (Å²) < 4.78 is 5.99. The molecule has 0 aromatic heterocycles. The summed E-state index contributed by atoms with van der Waals surface area (Å²) >= 11 is 0. The van der Waals surface area contributed by atoms with Gasteiger partial charge in [-0.3, -0.25) is 5.26 Å². The molecule has 1 aromatic carbocycles. The summed E-state index contributed by atoms with van der Waals surface area (Å²) in [5.74, 6) is -0.595. The van der Waals surface area contributed by atoms with Gasteiger partial charge in [-0.2, -0.15) is 0 Å². The van der Waals surface area contributed by atoms with Crippen LogP contribution in [-0.2, 0) is 14.4 Å². The molecule has 0 bridgehead atoms. The van der Waals surface area contributed by atoms with Crippen LogP contribution in [-0.4, -0.2) is 33.6 Å². The molecule has 5 nitrogen and oxygen atoms in total. The molecule has 2 aliphatic carbocycles. The number of hydrogen-bond donors (Lipinski definition) is 2. The lowest BCUT2D eigenvalue weighted by molar-refractivity contribution is -0.332. The van der Waals surface area contributed by atoms with Crippen molar-refractivity contribution < 1.29 is 24.8 Å². The van der Waals surface area contributed by atoms with Crippen molar-refractivity contribution in [2.75, 3.05) is 0 Å². The van der Waals surface area contributed by atoms with Crippen molar-refractivity contribution in [3.05, 3.63) is 54.1 Å². The Bertz CT molecular complexity index is 786. The lowest BCUT2D eigenvalue weighted by atomic mass is 9.53. The van der Waals surface area contributed by atoms with E-state index in [2.05, 4.69) is 0 Å². The molecule has 0 saturated heterocycles. The van der Waals surface area contributed by atoms with E-state index in [4.69, 9.17) is 9.62 Å². The highest BCUT2D eigenvalue weighted by atomic mass is 17.1. The van der Waals surface area contributed by atoms with Crippen LogP contribution in [0.15, 0.2) is 48.6 Å². The van der Waals surface area contributed by atoms with Crippen LogP contribution in [0.5, 0.6) is 0 Å². The van der Waals surface area contributed by atoms with Gasteiger partial charge < -0.3 is 9.84 Å². The first-order chi connectivity index (χ1) is 13.7. The van der Waals surface area contributed by atoms with E-state index in [1.54, 1.807) is 6.08 Å². The zero-order valence-electron chi connectivity index (χ0n) is 17.7. The molecule has 0 heterocycles. The maximum atomic E-state index is 12.6. The molecule has 0 aliphatic heterocycles. The third-order valence-corrected chi connectivity index (χ3v) is 7.06. The molecule has 5 heteroatoms. The highest BCUT2D eigenvalue weighted by molar-refractivity contribution is 5.87. The van der Waals surface area contributed by atoms with Crippen molar-refractivity contribution in [3.63, 3.8) is 0 Å². The normalized spacial score (nSPS) is 36.9. The summed E-state index contributed by atoms with van der Waals surface area (Å²) in [6.45, 7) is 7.88. The molecule has 1 saturated carbocycles. The van der Waals surface area contributed by atoms with Crippen molar-refractivity contribution in [2.45, 2.75) is 64.3 Å². The molecule has 5 atom stereocenters. The molecule has 0 spiro atoms. The molecular formula is C24H32O5. The maximum Gasteiger partial charge on any atom is 0.331 e. The van der Waals surface area contributed by atoms with Crippen LogP contribution in [0, 0.1) is 17.3 Å². The molecule has 29 heavy (non-hydrogen) atoms. The van der Waals surface area contributed by atoms with Crippen molar-refractivity contribution in [1.82, 2.24) is 0 Å². The summed E-state index contributed by atoms with van der Waals surface area (Å²) in [6.07, 6.45) is 7.98. The SMILES string of the molecule is CC(C)C1(OO)C=CC2(C)C(O)CCC(C)(OC(=O)C=Cc3ccccc3)C2C1. The smallest absolute Gasteiger partial charge is 0.331 e. The largest absolute Gasteiger partial charge is 0.456 e. The molecule has 0 amide bonds. The van der Waals surface area contributed by atoms with Crippen LogP contribution in [0.3, 0.4) is 0 Å². The molecule has 5 unspecified atom stereocenters. The van der Waals surface area contributed by atoms with Crippen LogP contribution < -0.4 is 0 Å². The van der Waals surface area contributed by atoms with Gasteiger partial charge in [0.1, 0.15) is 11.2 Å². The molecular weight excluding hydrogens is 368 g/mol. The Hall–Kier alpha value is -1.95. The minimum absolute atomic E-state index is 0.0188. The second-order valence-electron chi connectivity index (χ2n) is 9.19. The zero-order chi connectivity index (χ0) is 21.3.